The number of carbonyl (C=O) groups excluding carboxylic acids is 1. The maximum atomic E-state index is 12.4. The van der Waals surface area contributed by atoms with Gasteiger partial charge in [0.25, 0.3) is 5.91 Å². The zero-order valence-electron chi connectivity index (χ0n) is 13.8. The Kier molecular flexibility index (Phi) is 4.50. The fraction of sp³-hybridized carbons (Fsp3) is 0.158. The van der Waals surface area contributed by atoms with Crippen LogP contribution < -0.4 is 14.8 Å². The van der Waals surface area contributed by atoms with Crippen molar-refractivity contribution in [1.29, 1.82) is 0 Å². The van der Waals surface area contributed by atoms with Crippen LogP contribution in [0.5, 0.6) is 11.5 Å². The van der Waals surface area contributed by atoms with E-state index in [-0.39, 0.29) is 5.91 Å². The molecule has 1 amide bonds. The van der Waals surface area contributed by atoms with Gasteiger partial charge in [-0.3, -0.25) is 4.79 Å². The minimum absolute atomic E-state index is 0.210. The van der Waals surface area contributed by atoms with Crippen LogP contribution in [0, 0.1) is 0 Å². The Labute approximate surface area is 155 Å². The summed E-state index contributed by atoms with van der Waals surface area (Å²) >= 11 is 6.16. The minimum atomic E-state index is -0.210. The summed E-state index contributed by atoms with van der Waals surface area (Å²) in [5.41, 5.74) is 2.11. The van der Waals surface area contributed by atoms with Gasteiger partial charge >= 0.3 is 0 Å². The number of hydrogen-bond acceptors (Lipinski definition) is 4. The summed E-state index contributed by atoms with van der Waals surface area (Å²) < 4.78 is 12.6. The second-order valence-electron chi connectivity index (χ2n) is 5.79. The molecule has 1 N–H and O–H groups in total. The number of fused-ring (bicyclic) bond motifs is 1. The van der Waals surface area contributed by atoms with Crippen LogP contribution in [0.3, 0.4) is 0 Å². The molecule has 132 valence electrons. The molecule has 2 heterocycles. The van der Waals surface area contributed by atoms with Gasteiger partial charge in [0.1, 0.15) is 13.2 Å². The highest BCUT2D eigenvalue weighted by Gasteiger charge is 2.13. The Morgan fingerprint density at radius 2 is 1.96 bits per heavy atom. The van der Waals surface area contributed by atoms with E-state index in [1.807, 2.05) is 36.4 Å². The molecule has 0 radical (unpaired) electrons. The highest BCUT2D eigenvalue weighted by molar-refractivity contribution is 6.32. The van der Waals surface area contributed by atoms with Crippen LogP contribution in [0.25, 0.3) is 5.69 Å². The van der Waals surface area contributed by atoms with Crippen molar-refractivity contribution in [1.82, 2.24) is 15.1 Å². The molecule has 0 bridgehead atoms. The van der Waals surface area contributed by atoms with E-state index in [2.05, 4.69) is 10.4 Å². The molecule has 3 aromatic rings. The minimum Gasteiger partial charge on any atom is -0.486 e. The Hall–Kier alpha value is -2.99. The van der Waals surface area contributed by atoms with Gasteiger partial charge in [-0.25, -0.2) is 4.68 Å². The summed E-state index contributed by atoms with van der Waals surface area (Å²) in [5, 5.41) is 7.66. The molecular weight excluding hydrogens is 354 g/mol. The number of nitrogens with one attached hydrogen (secondary N) is 1. The molecule has 2 aromatic carbocycles. The Morgan fingerprint density at radius 1 is 1.15 bits per heavy atom. The number of para-hydroxylation sites is 1. The summed E-state index contributed by atoms with van der Waals surface area (Å²) in [5.74, 6) is 1.22. The fourth-order valence-corrected chi connectivity index (χ4v) is 2.91. The average molecular weight is 370 g/mol. The predicted octanol–water partition coefficient (Wildman–Crippen LogP) is 3.23. The van der Waals surface area contributed by atoms with Gasteiger partial charge in [0.2, 0.25) is 0 Å². The molecule has 1 aliphatic heterocycles. The van der Waals surface area contributed by atoms with E-state index in [9.17, 15) is 4.79 Å². The van der Waals surface area contributed by atoms with Crippen molar-refractivity contribution in [2.45, 2.75) is 6.54 Å². The lowest BCUT2D eigenvalue weighted by Gasteiger charge is -2.18. The number of halogens is 1. The zero-order valence-corrected chi connectivity index (χ0v) is 14.6. The fourth-order valence-electron chi connectivity index (χ4n) is 2.69. The molecule has 0 saturated carbocycles. The van der Waals surface area contributed by atoms with E-state index < -0.39 is 0 Å². The molecule has 7 heteroatoms. The third-order valence-corrected chi connectivity index (χ3v) is 4.32. The lowest BCUT2D eigenvalue weighted by atomic mass is 10.2. The van der Waals surface area contributed by atoms with Gasteiger partial charge in [-0.05, 0) is 29.8 Å². The number of amides is 1. The summed E-state index contributed by atoms with van der Waals surface area (Å²) in [4.78, 5) is 12.4. The largest absolute Gasteiger partial charge is 0.486 e. The van der Waals surface area contributed by atoms with E-state index in [0.29, 0.717) is 36.1 Å². The van der Waals surface area contributed by atoms with E-state index in [4.69, 9.17) is 21.1 Å². The first-order valence-electron chi connectivity index (χ1n) is 8.17. The van der Waals surface area contributed by atoms with Crippen LogP contribution in [-0.4, -0.2) is 28.9 Å². The van der Waals surface area contributed by atoms with Gasteiger partial charge in [0, 0.05) is 12.7 Å². The average Bonchev–Trinajstić information content (AvgIpc) is 3.16. The van der Waals surface area contributed by atoms with Crippen molar-refractivity contribution in [2.24, 2.45) is 0 Å². The zero-order chi connectivity index (χ0) is 17.9. The predicted molar refractivity (Wildman–Crippen MR) is 97.2 cm³/mol. The van der Waals surface area contributed by atoms with Gasteiger partial charge in [-0.1, -0.05) is 29.8 Å². The van der Waals surface area contributed by atoms with Gasteiger partial charge < -0.3 is 14.8 Å². The highest BCUT2D eigenvalue weighted by Crippen LogP contribution is 2.30. The van der Waals surface area contributed by atoms with Crippen LogP contribution in [-0.2, 0) is 6.54 Å². The summed E-state index contributed by atoms with van der Waals surface area (Å²) in [6.07, 6.45) is 3.17. The third kappa shape index (κ3) is 3.36. The van der Waals surface area contributed by atoms with Crippen LogP contribution in [0.4, 0.5) is 0 Å². The molecular formula is C19H16ClN3O3. The quantitative estimate of drug-likeness (QED) is 0.766. The van der Waals surface area contributed by atoms with Gasteiger partial charge in [0.15, 0.2) is 11.5 Å². The highest BCUT2D eigenvalue weighted by atomic mass is 35.5. The van der Waals surface area contributed by atoms with Crippen molar-refractivity contribution >= 4 is 17.5 Å². The van der Waals surface area contributed by atoms with Crippen molar-refractivity contribution in [3.8, 4) is 17.2 Å². The lowest BCUT2D eigenvalue weighted by Crippen LogP contribution is -2.22. The third-order valence-electron chi connectivity index (χ3n) is 4.00. The first-order chi connectivity index (χ1) is 12.7. The SMILES string of the molecule is O=C(NCc1ccc2c(c1)OCCO2)c1cnn(-c2ccccc2Cl)c1. The summed E-state index contributed by atoms with van der Waals surface area (Å²) in [7, 11) is 0. The Balaban J connectivity index is 1.43. The lowest BCUT2D eigenvalue weighted by molar-refractivity contribution is 0.0951. The van der Waals surface area contributed by atoms with Crippen LogP contribution in [0.15, 0.2) is 54.9 Å². The van der Waals surface area contributed by atoms with Crippen molar-refractivity contribution in [3.63, 3.8) is 0 Å². The Morgan fingerprint density at radius 3 is 2.81 bits per heavy atom. The number of nitrogens with zero attached hydrogens (tertiary/aromatic N) is 2. The molecule has 4 rings (SSSR count). The second kappa shape index (κ2) is 7.09. The van der Waals surface area contributed by atoms with Crippen LogP contribution >= 0.6 is 11.6 Å². The maximum absolute atomic E-state index is 12.4. The van der Waals surface area contributed by atoms with E-state index in [1.54, 1.807) is 16.9 Å². The van der Waals surface area contributed by atoms with E-state index >= 15 is 0 Å². The molecule has 0 aliphatic carbocycles. The molecule has 0 fully saturated rings. The van der Waals surface area contributed by atoms with Gasteiger partial charge in [-0.15, -0.1) is 0 Å². The maximum Gasteiger partial charge on any atom is 0.254 e. The molecule has 26 heavy (non-hydrogen) atoms. The molecule has 0 unspecified atom stereocenters. The second-order valence-corrected chi connectivity index (χ2v) is 6.19. The Bertz CT molecular complexity index is 955. The van der Waals surface area contributed by atoms with E-state index in [1.165, 1.54) is 6.20 Å². The van der Waals surface area contributed by atoms with Gasteiger partial charge in [0.05, 0.1) is 22.5 Å². The number of rotatable bonds is 4. The normalized spacial score (nSPS) is 12.7. The molecule has 0 spiro atoms. The molecule has 6 nitrogen and oxygen atoms in total. The van der Waals surface area contributed by atoms with Crippen molar-refractivity contribution in [3.05, 3.63) is 71.0 Å². The number of hydrogen-bond donors (Lipinski definition) is 1. The number of ether oxygens (including phenoxy) is 2. The van der Waals surface area contributed by atoms with Crippen molar-refractivity contribution in [2.75, 3.05) is 13.2 Å². The van der Waals surface area contributed by atoms with Crippen LogP contribution in [0.2, 0.25) is 5.02 Å². The number of aromatic nitrogens is 2. The van der Waals surface area contributed by atoms with E-state index in [0.717, 1.165) is 17.0 Å². The first-order valence-corrected chi connectivity index (χ1v) is 8.55. The molecule has 1 aliphatic rings. The molecule has 1 aromatic heterocycles. The topological polar surface area (TPSA) is 65.4 Å². The smallest absolute Gasteiger partial charge is 0.254 e. The standard InChI is InChI=1S/C19H16ClN3O3/c20-15-3-1-2-4-16(15)23-12-14(11-22-23)19(24)21-10-13-5-6-17-18(9-13)26-8-7-25-17/h1-6,9,11-12H,7-8,10H2,(H,21,24). The first kappa shape index (κ1) is 16.5. The van der Waals surface area contributed by atoms with Crippen LogP contribution in [0.1, 0.15) is 15.9 Å². The molecule has 0 atom stereocenters. The summed E-state index contributed by atoms with van der Waals surface area (Å²) in [6.45, 7) is 1.47. The van der Waals surface area contributed by atoms with Gasteiger partial charge in [-0.2, -0.15) is 5.10 Å². The van der Waals surface area contributed by atoms with Crippen molar-refractivity contribution < 1.29 is 14.3 Å². The number of carbonyl (C=O) groups is 1. The molecule has 0 saturated heterocycles. The summed E-state index contributed by atoms with van der Waals surface area (Å²) in [6, 6.07) is 13.0. The monoisotopic (exact) mass is 369 g/mol. The number of benzene rings is 2.